The molecule has 6 heavy (non-hydrogen) atoms. The van der Waals surface area contributed by atoms with Gasteiger partial charge >= 0.3 is 6.71 Å². The zero-order chi connectivity index (χ0) is 4.99. The largest absolute Gasteiger partial charge is 0.311 e. The van der Waals surface area contributed by atoms with Gasteiger partial charge in [-0.25, -0.2) is 0 Å². The molecular formula is C5H5B. The van der Waals surface area contributed by atoms with Gasteiger partial charge in [0, 0.05) is 0 Å². The predicted molar refractivity (Wildman–Crippen MR) is 29.3 cm³/mol. The van der Waals surface area contributed by atoms with Crippen molar-refractivity contribution in [3.8, 4) is 24.5 Å². The van der Waals surface area contributed by atoms with Gasteiger partial charge in [0.1, 0.15) is 0 Å². The first-order valence-electron chi connectivity index (χ1n) is 1.73. The lowest BCUT2D eigenvalue weighted by Gasteiger charge is -1.73. The van der Waals surface area contributed by atoms with Crippen molar-refractivity contribution in [3.05, 3.63) is 0 Å². The second kappa shape index (κ2) is 2.42. The molecule has 0 saturated heterocycles. The Morgan fingerprint density at radius 3 is 1.67 bits per heavy atom. The fraction of sp³-hybridized carbons (Fsp3) is 0.200. The molecular weight excluding hydrogens is 70.9 g/mol. The Labute approximate surface area is 39.0 Å². The zero-order valence-corrected chi connectivity index (χ0v) is 3.73. The van der Waals surface area contributed by atoms with Crippen LogP contribution in [0, 0.1) is 24.5 Å². The third-order valence-electron chi connectivity index (χ3n) is 0.500. The maximum atomic E-state index is 4.89. The summed E-state index contributed by atoms with van der Waals surface area (Å²) in [7, 11) is 0. The van der Waals surface area contributed by atoms with Crippen molar-refractivity contribution in [2.75, 3.05) is 0 Å². The standard InChI is InChI=1S/C5H5B/c1-4-6(3)5-2/h1-2H,3H3. The van der Waals surface area contributed by atoms with Crippen molar-refractivity contribution in [1.29, 1.82) is 0 Å². The molecule has 0 amide bonds. The molecule has 0 atom stereocenters. The lowest BCUT2D eigenvalue weighted by molar-refractivity contribution is 2.23. The summed E-state index contributed by atoms with van der Waals surface area (Å²) < 4.78 is 0. The van der Waals surface area contributed by atoms with E-state index in [9.17, 15) is 0 Å². The van der Waals surface area contributed by atoms with Crippen LogP contribution in [0.1, 0.15) is 0 Å². The van der Waals surface area contributed by atoms with Gasteiger partial charge in [0.2, 0.25) is 0 Å². The van der Waals surface area contributed by atoms with Crippen LogP contribution in [-0.2, 0) is 0 Å². The van der Waals surface area contributed by atoms with E-state index in [0.29, 0.717) is 0 Å². The van der Waals surface area contributed by atoms with Crippen molar-refractivity contribution in [2.24, 2.45) is 0 Å². The molecule has 0 unspecified atom stereocenters. The minimum Gasteiger partial charge on any atom is -0.141 e. The molecule has 0 aromatic carbocycles. The molecule has 1 heteroatoms. The Morgan fingerprint density at radius 1 is 1.33 bits per heavy atom. The van der Waals surface area contributed by atoms with E-state index in [4.69, 9.17) is 12.8 Å². The third kappa shape index (κ3) is 1.50. The van der Waals surface area contributed by atoms with Crippen LogP contribution in [-0.4, -0.2) is 6.71 Å². The zero-order valence-electron chi connectivity index (χ0n) is 3.73. The van der Waals surface area contributed by atoms with E-state index in [2.05, 4.69) is 11.6 Å². The lowest BCUT2D eigenvalue weighted by atomic mass is 9.55. The van der Waals surface area contributed by atoms with E-state index in [1.54, 1.807) is 6.82 Å². The van der Waals surface area contributed by atoms with Crippen molar-refractivity contribution in [3.63, 3.8) is 0 Å². The second-order valence-corrected chi connectivity index (χ2v) is 1.06. The second-order valence-electron chi connectivity index (χ2n) is 1.06. The molecule has 0 nitrogen and oxygen atoms in total. The first-order valence-corrected chi connectivity index (χ1v) is 1.73. The monoisotopic (exact) mass is 76.0 g/mol. The Morgan fingerprint density at radius 2 is 1.67 bits per heavy atom. The van der Waals surface area contributed by atoms with Gasteiger partial charge in [0.25, 0.3) is 0 Å². The van der Waals surface area contributed by atoms with Gasteiger partial charge in [-0.05, 0) is 0 Å². The van der Waals surface area contributed by atoms with Gasteiger partial charge in [-0.15, -0.1) is 24.5 Å². The van der Waals surface area contributed by atoms with E-state index < -0.39 is 0 Å². The fourth-order valence-corrected chi connectivity index (χ4v) is 0.0481. The van der Waals surface area contributed by atoms with Gasteiger partial charge in [-0.1, -0.05) is 6.82 Å². The molecule has 28 valence electrons. The van der Waals surface area contributed by atoms with Crippen molar-refractivity contribution in [1.82, 2.24) is 0 Å². The van der Waals surface area contributed by atoms with E-state index >= 15 is 0 Å². The summed E-state index contributed by atoms with van der Waals surface area (Å²) in [5, 5.41) is 0. The third-order valence-corrected chi connectivity index (χ3v) is 0.500. The molecule has 0 aromatic heterocycles. The average Bonchev–Trinajstić information content (AvgIpc) is 1.65. The SMILES string of the molecule is C#CB(C)C#C. The smallest absolute Gasteiger partial charge is 0.141 e. The lowest BCUT2D eigenvalue weighted by Crippen LogP contribution is -1.96. The van der Waals surface area contributed by atoms with E-state index in [1.807, 2.05) is 0 Å². The summed E-state index contributed by atoms with van der Waals surface area (Å²) in [5.74, 6) is 4.76. The van der Waals surface area contributed by atoms with Gasteiger partial charge in [0.15, 0.2) is 0 Å². The molecule has 0 aliphatic rings. The normalized spacial score (nSPS) is 5.17. The van der Waals surface area contributed by atoms with Crippen LogP contribution in [0.3, 0.4) is 0 Å². The fourth-order valence-electron chi connectivity index (χ4n) is 0.0481. The number of terminal acetylenes is 2. The average molecular weight is 75.9 g/mol. The summed E-state index contributed by atoms with van der Waals surface area (Å²) in [6, 6.07) is 0. The van der Waals surface area contributed by atoms with Crippen LogP contribution in [0.5, 0.6) is 0 Å². The van der Waals surface area contributed by atoms with Gasteiger partial charge < -0.3 is 0 Å². The number of hydrogen-bond donors (Lipinski definition) is 0. The molecule has 0 bridgehead atoms. The van der Waals surface area contributed by atoms with Gasteiger partial charge in [-0.3, -0.25) is 0 Å². The van der Waals surface area contributed by atoms with Crippen LogP contribution >= 0.6 is 0 Å². The molecule has 0 radical (unpaired) electrons. The van der Waals surface area contributed by atoms with Crippen molar-refractivity contribution in [2.45, 2.75) is 6.82 Å². The molecule has 0 saturated carbocycles. The highest BCUT2D eigenvalue weighted by molar-refractivity contribution is 6.74. The van der Waals surface area contributed by atoms with Crippen LogP contribution in [0.2, 0.25) is 6.82 Å². The maximum Gasteiger partial charge on any atom is 0.311 e. The first kappa shape index (κ1) is 5.18. The molecule has 0 aliphatic heterocycles. The summed E-state index contributed by atoms with van der Waals surface area (Å²) in [6.07, 6.45) is 9.78. The summed E-state index contributed by atoms with van der Waals surface area (Å²) >= 11 is 0. The predicted octanol–water partition coefficient (Wildman–Crippen LogP) is 0.456. The highest BCUT2D eigenvalue weighted by Gasteiger charge is 1.89. The van der Waals surface area contributed by atoms with Gasteiger partial charge in [0.05, 0.1) is 0 Å². The summed E-state index contributed by atoms with van der Waals surface area (Å²) in [6.45, 7) is 1.80. The molecule has 0 rings (SSSR count). The molecule has 0 aromatic rings. The number of rotatable bonds is 0. The molecule has 0 fully saturated rings. The summed E-state index contributed by atoms with van der Waals surface area (Å²) in [5.41, 5.74) is 0. The Balaban J connectivity index is 3.40. The Hall–Kier alpha value is -0.815. The first-order chi connectivity index (χ1) is 2.81. The van der Waals surface area contributed by atoms with Crippen LogP contribution in [0.25, 0.3) is 0 Å². The van der Waals surface area contributed by atoms with Crippen molar-refractivity contribution >= 4 is 6.71 Å². The maximum absolute atomic E-state index is 4.89. The van der Waals surface area contributed by atoms with E-state index in [0.717, 1.165) is 0 Å². The van der Waals surface area contributed by atoms with Gasteiger partial charge in [-0.2, -0.15) is 0 Å². The topological polar surface area (TPSA) is 0 Å². The molecule has 0 N–H and O–H groups in total. The minimum absolute atomic E-state index is 0.00926. The van der Waals surface area contributed by atoms with Crippen LogP contribution < -0.4 is 0 Å². The molecule has 0 aliphatic carbocycles. The van der Waals surface area contributed by atoms with E-state index in [-0.39, 0.29) is 6.71 Å². The highest BCUT2D eigenvalue weighted by atomic mass is 13.4. The quantitative estimate of drug-likeness (QED) is 0.290. The molecule has 0 spiro atoms. The highest BCUT2D eigenvalue weighted by Crippen LogP contribution is 1.67. The van der Waals surface area contributed by atoms with Crippen LogP contribution in [0.15, 0.2) is 0 Å². The Kier molecular flexibility index (Phi) is 2.09. The Bertz CT molecular complexity index is 88.1. The van der Waals surface area contributed by atoms with Crippen molar-refractivity contribution < 1.29 is 0 Å². The van der Waals surface area contributed by atoms with E-state index in [1.165, 1.54) is 0 Å². The van der Waals surface area contributed by atoms with Crippen LogP contribution in [0.4, 0.5) is 0 Å². The number of hydrogen-bond acceptors (Lipinski definition) is 0. The minimum atomic E-state index is -0.00926. The molecule has 0 heterocycles. The summed E-state index contributed by atoms with van der Waals surface area (Å²) in [4.78, 5) is 0.